The standard InChI is InChI=1S/C65H83N3O7S2/c1-2-42-30-45-33-57(72)59(75-60-34-46(31-50-18-13-27-67-50)51-21-28-68-63(66)55(51)41-77-76-40-48(39-70)62(60)74)36-53(45)54-35-58(73)61-44(32-52(42)54)20-25-64(26-29-69,22-10-9-19-56(61)71)37-47(43-14-5-3-6-15-43)38-65(23-11-12-24-65)49-16-7-4-8-17-49/h3-8,13-18,21,27,32-33,36,42,44,46-48,54,56,58,60-62,67-74H,2,9-12,19,22-24,26,28-31,34-35,37-41,66H2,1H3. The molecule has 77 heavy (non-hydrogen) atoms. The molecular weight excluding hydrogens is 999 g/mol. The molecule has 4 aliphatic carbocycles. The number of H-pyrrole nitrogens is 1. The Labute approximate surface area is 465 Å². The van der Waals surface area contributed by atoms with Crippen molar-refractivity contribution < 1.29 is 35.4 Å². The lowest BCUT2D eigenvalue weighted by molar-refractivity contribution is -0.0214. The van der Waals surface area contributed by atoms with E-state index in [1.54, 1.807) is 21.6 Å². The highest BCUT2D eigenvalue weighted by Gasteiger charge is 2.45. The predicted octanol–water partition coefficient (Wildman–Crippen LogP) is 10.8. The number of nitrogens with one attached hydrogen (secondary N) is 2. The van der Waals surface area contributed by atoms with Crippen molar-refractivity contribution in [1.82, 2.24) is 10.3 Å². The van der Waals surface area contributed by atoms with Gasteiger partial charge in [-0.05, 0) is 152 Å². The number of aromatic hydroxyl groups is 1. The molecule has 12 atom stereocenters. The van der Waals surface area contributed by atoms with Crippen LogP contribution in [0.5, 0.6) is 11.5 Å². The number of aromatic amines is 1. The third kappa shape index (κ3) is 12.4. The molecule has 2 aliphatic heterocycles. The maximum absolute atomic E-state index is 12.7. The predicted molar refractivity (Wildman–Crippen MR) is 311 cm³/mol. The summed E-state index contributed by atoms with van der Waals surface area (Å²) in [5, 5.41) is 74.2. The second kappa shape index (κ2) is 25.3. The lowest BCUT2D eigenvalue weighted by atomic mass is 9.65. The summed E-state index contributed by atoms with van der Waals surface area (Å²) in [5.74, 6) is 8.37. The maximum Gasteiger partial charge on any atom is 0.161 e. The first-order valence-electron chi connectivity index (χ1n) is 28.9. The minimum Gasteiger partial charge on any atom is -0.504 e. The molecule has 0 radical (unpaired) electrons. The van der Waals surface area contributed by atoms with Crippen LogP contribution >= 0.6 is 21.6 Å². The fourth-order valence-corrected chi connectivity index (χ4v) is 17.3. The highest BCUT2D eigenvalue weighted by Crippen LogP contribution is 2.54. The molecule has 10 rings (SSSR count). The van der Waals surface area contributed by atoms with Crippen LogP contribution in [0.3, 0.4) is 0 Å². The topological polar surface area (TPSA) is 184 Å². The van der Waals surface area contributed by atoms with Crippen LogP contribution in [0.25, 0.3) is 0 Å². The number of phenolic OH excluding ortho intramolecular Hbond substituents is 1. The molecule has 3 heterocycles. The zero-order chi connectivity index (χ0) is 53.5. The Morgan fingerprint density at radius 1 is 0.870 bits per heavy atom. The lowest BCUT2D eigenvalue weighted by Crippen LogP contribution is -2.42. The molecule has 0 spiro atoms. The normalized spacial score (nSPS) is 30.9. The Morgan fingerprint density at radius 2 is 1.65 bits per heavy atom. The first kappa shape index (κ1) is 55.7. The number of nitrogens with two attached hydrogens (primary N) is 1. The van der Waals surface area contributed by atoms with Crippen LogP contribution in [0, 0.1) is 46.8 Å². The number of hydrogen-bond acceptors (Lipinski definition) is 11. The van der Waals surface area contributed by atoms with Gasteiger partial charge in [0.1, 0.15) is 11.9 Å². The molecule has 4 aromatic rings. The monoisotopic (exact) mass is 1080 g/mol. The van der Waals surface area contributed by atoms with Gasteiger partial charge < -0.3 is 51.4 Å². The second-order valence-electron chi connectivity index (χ2n) is 23.6. The quantitative estimate of drug-likeness (QED) is 0.0333. The number of aromatic nitrogens is 1. The molecule has 10 N–H and O–H groups in total. The van der Waals surface area contributed by atoms with Crippen LogP contribution in [0.2, 0.25) is 0 Å². The highest BCUT2D eigenvalue weighted by molar-refractivity contribution is 8.76. The number of hydrogen-bond donors (Lipinski definition) is 9. The molecule has 6 aliphatic rings. The van der Waals surface area contributed by atoms with Gasteiger partial charge in [-0.25, -0.2) is 0 Å². The maximum atomic E-state index is 12.7. The summed E-state index contributed by atoms with van der Waals surface area (Å²) in [7, 11) is 3.27. The van der Waals surface area contributed by atoms with Crippen molar-refractivity contribution in [2.75, 3.05) is 31.3 Å². The van der Waals surface area contributed by atoms with Crippen molar-refractivity contribution in [3.05, 3.63) is 154 Å². The van der Waals surface area contributed by atoms with Crippen LogP contribution in [0.15, 0.2) is 126 Å². The number of ether oxygens (including phenoxy) is 1. The molecule has 1 saturated carbocycles. The van der Waals surface area contributed by atoms with Gasteiger partial charge >= 0.3 is 0 Å². The van der Waals surface area contributed by atoms with Gasteiger partial charge in [-0.1, -0.05) is 144 Å². The minimum atomic E-state index is -1.06. The Morgan fingerprint density at radius 3 is 2.39 bits per heavy atom. The summed E-state index contributed by atoms with van der Waals surface area (Å²) in [4.78, 5) is 3.38. The van der Waals surface area contributed by atoms with Crippen molar-refractivity contribution in [2.45, 2.75) is 151 Å². The van der Waals surface area contributed by atoms with E-state index in [1.165, 1.54) is 29.5 Å². The second-order valence-corrected chi connectivity index (χ2v) is 26.1. The van der Waals surface area contributed by atoms with Gasteiger partial charge in [-0.3, -0.25) is 0 Å². The SMILES string of the molecule is CCC1Cc2cc(O)c(OC3CC(Cc4ccc[nH]4)C4=CCNC(N)=C4CSSCC(CO)C3O)cc2C2CC(O)C3C(C#CC(CCO)(CC(CC4(c5ccccc5)CCCC4)c4ccccc4)CCCCC3O)C=C12. The van der Waals surface area contributed by atoms with E-state index in [0.717, 1.165) is 79.3 Å². The van der Waals surface area contributed by atoms with E-state index in [4.69, 9.17) is 10.5 Å². The highest BCUT2D eigenvalue weighted by atomic mass is 33.1. The van der Waals surface area contributed by atoms with Gasteiger partial charge in [0.05, 0.1) is 18.3 Å². The van der Waals surface area contributed by atoms with Gasteiger partial charge in [0.25, 0.3) is 0 Å². The summed E-state index contributed by atoms with van der Waals surface area (Å²) < 4.78 is 6.98. The van der Waals surface area contributed by atoms with Crippen molar-refractivity contribution in [1.29, 1.82) is 0 Å². The Kier molecular flexibility index (Phi) is 18.3. The smallest absolute Gasteiger partial charge is 0.161 e. The number of aliphatic hydroxyl groups is 5. The fourth-order valence-electron chi connectivity index (χ4n) is 14.8. The summed E-state index contributed by atoms with van der Waals surface area (Å²) in [6.07, 6.45) is 16.0. The molecule has 12 unspecified atom stereocenters. The number of aliphatic hydroxyl groups excluding tert-OH is 5. The van der Waals surface area contributed by atoms with Gasteiger partial charge in [0.15, 0.2) is 11.5 Å². The summed E-state index contributed by atoms with van der Waals surface area (Å²) >= 11 is 0. The minimum absolute atomic E-state index is 0.00823. The van der Waals surface area contributed by atoms with E-state index >= 15 is 0 Å². The van der Waals surface area contributed by atoms with Gasteiger partial charge in [0.2, 0.25) is 0 Å². The van der Waals surface area contributed by atoms with Gasteiger partial charge in [0, 0.05) is 77.8 Å². The molecule has 412 valence electrons. The first-order valence-corrected chi connectivity index (χ1v) is 31.4. The average Bonchev–Trinajstić information content (AvgIpc) is 4.19. The van der Waals surface area contributed by atoms with Crippen molar-refractivity contribution in [3.63, 3.8) is 0 Å². The zero-order valence-corrected chi connectivity index (χ0v) is 46.6. The van der Waals surface area contributed by atoms with Crippen LogP contribution in [-0.4, -0.2) is 91.3 Å². The first-order chi connectivity index (χ1) is 37.5. The largest absolute Gasteiger partial charge is 0.504 e. The van der Waals surface area contributed by atoms with Crippen LogP contribution in [0.4, 0.5) is 0 Å². The number of rotatable bonds is 14. The molecular formula is C65H83N3O7S2. The number of phenols is 1. The molecule has 10 nitrogen and oxygen atoms in total. The number of fused-ring (bicyclic) bond motifs is 5. The third-order valence-electron chi connectivity index (χ3n) is 18.9. The summed E-state index contributed by atoms with van der Waals surface area (Å²) in [6, 6.07) is 29.9. The van der Waals surface area contributed by atoms with Crippen molar-refractivity contribution >= 4 is 21.6 Å². The van der Waals surface area contributed by atoms with E-state index in [2.05, 4.69) is 108 Å². The molecule has 1 aromatic heterocycles. The number of benzene rings is 3. The fraction of sp³-hybridized carbons (Fsp3) is 0.538. The Balaban J connectivity index is 1.01. The lowest BCUT2D eigenvalue weighted by Gasteiger charge is -2.39. The van der Waals surface area contributed by atoms with E-state index < -0.39 is 47.6 Å². The van der Waals surface area contributed by atoms with E-state index in [-0.39, 0.29) is 53.8 Å². The molecule has 12 heteroatoms. The molecule has 1 saturated heterocycles. The van der Waals surface area contributed by atoms with E-state index in [1.807, 2.05) is 24.4 Å². The van der Waals surface area contributed by atoms with Gasteiger partial charge in [-0.15, -0.1) is 0 Å². The van der Waals surface area contributed by atoms with Gasteiger partial charge in [-0.2, -0.15) is 0 Å². The van der Waals surface area contributed by atoms with Crippen LogP contribution < -0.4 is 15.8 Å². The van der Waals surface area contributed by atoms with Crippen LogP contribution in [-0.2, 0) is 18.3 Å². The summed E-state index contributed by atoms with van der Waals surface area (Å²) in [6.45, 7) is 2.59. The van der Waals surface area contributed by atoms with E-state index in [9.17, 15) is 30.6 Å². The Bertz CT molecular complexity index is 2750. The third-order valence-corrected chi connectivity index (χ3v) is 21.3. The average molecular weight is 1080 g/mol. The summed E-state index contributed by atoms with van der Waals surface area (Å²) in [5.41, 5.74) is 15.4. The van der Waals surface area contributed by atoms with Crippen molar-refractivity contribution in [2.24, 2.45) is 40.7 Å². The molecule has 0 amide bonds. The number of dihydropyridines is 1. The Hall–Kier alpha value is -4.58. The molecule has 2 fully saturated rings. The number of allylic oxidation sites excluding steroid dienone is 3. The van der Waals surface area contributed by atoms with Crippen LogP contribution in [0.1, 0.15) is 137 Å². The zero-order valence-electron chi connectivity index (χ0n) is 45.0. The molecule has 3 aromatic carbocycles. The molecule has 0 bridgehead atoms. The van der Waals surface area contributed by atoms with E-state index in [0.29, 0.717) is 62.4 Å². The van der Waals surface area contributed by atoms with Crippen molar-refractivity contribution in [3.8, 4) is 23.3 Å².